The van der Waals surface area contributed by atoms with Crippen LogP contribution in [0.2, 0.25) is 0 Å². The zero-order valence-corrected chi connectivity index (χ0v) is 10.1. The molecular weight excluding hydrogens is 238 g/mol. The average Bonchev–Trinajstić information content (AvgIpc) is 2.76. The highest BCUT2D eigenvalue weighted by Crippen LogP contribution is 2.13. The lowest BCUT2D eigenvalue weighted by atomic mass is 10.2. The molecule has 0 saturated carbocycles. The maximum atomic E-state index is 11.8. The number of hydrogen-bond donors (Lipinski definition) is 1. The second-order valence-corrected chi connectivity index (χ2v) is 3.96. The summed E-state index contributed by atoms with van der Waals surface area (Å²) in [4.78, 5) is 11.8. The van der Waals surface area contributed by atoms with Crippen LogP contribution < -0.4 is 5.32 Å². The molecule has 5 heteroatoms. The Morgan fingerprint density at radius 2 is 2.35 bits per heavy atom. The first-order chi connectivity index (χ1) is 8.19. The van der Waals surface area contributed by atoms with E-state index in [9.17, 15) is 4.79 Å². The molecular formula is C12H12ClN3O. The predicted octanol–water partition coefficient (Wildman–Crippen LogP) is 2.41. The molecule has 0 unspecified atom stereocenters. The fraction of sp³-hybridized carbons (Fsp3) is 0.167. The van der Waals surface area contributed by atoms with Gasteiger partial charge in [-0.15, -0.1) is 11.6 Å². The molecule has 0 fully saturated rings. The van der Waals surface area contributed by atoms with E-state index in [-0.39, 0.29) is 5.91 Å². The average molecular weight is 250 g/mol. The molecule has 88 valence electrons. The number of carbonyl (C=O) groups is 1. The van der Waals surface area contributed by atoms with Crippen molar-refractivity contribution in [1.82, 2.24) is 9.78 Å². The van der Waals surface area contributed by atoms with Gasteiger partial charge in [0, 0.05) is 24.8 Å². The Morgan fingerprint density at radius 1 is 1.53 bits per heavy atom. The van der Waals surface area contributed by atoms with Crippen LogP contribution >= 0.6 is 11.6 Å². The minimum atomic E-state index is -0.176. The van der Waals surface area contributed by atoms with Crippen molar-refractivity contribution in [3.05, 3.63) is 47.8 Å². The standard InChI is InChI=1S/C12H12ClN3O/c1-16-8-10(7-14-16)12(17)15-11-4-2-3-9(5-11)6-13/h2-5,7-8H,6H2,1H3,(H,15,17). The van der Waals surface area contributed by atoms with Gasteiger partial charge < -0.3 is 5.32 Å². The molecule has 1 heterocycles. The lowest BCUT2D eigenvalue weighted by Gasteiger charge is -2.04. The van der Waals surface area contributed by atoms with E-state index >= 15 is 0 Å². The van der Waals surface area contributed by atoms with Crippen molar-refractivity contribution in [3.8, 4) is 0 Å². The molecule has 17 heavy (non-hydrogen) atoms. The van der Waals surface area contributed by atoms with Gasteiger partial charge in [-0.1, -0.05) is 12.1 Å². The Balaban J connectivity index is 2.12. The Morgan fingerprint density at radius 3 is 3.00 bits per heavy atom. The third kappa shape index (κ3) is 2.85. The van der Waals surface area contributed by atoms with E-state index in [0.29, 0.717) is 11.4 Å². The van der Waals surface area contributed by atoms with E-state index in [4.69, 9.17) is 11.6 Å². The molecule has 0 aliphatic carbocycles. The lowest BCUT2D eigenvalue weighted by molar-refractivity contribution is 0.102. The van der Waals surface area contributed by atoms with Crippen LogP contribution in [0, 0.1) is 0 Å². The Hall–Kier alpha value is -1.81. The van der Waals surface area contributed by atoms with Crippen LogP contribution in [-0.4, -0.2) is 15.7 Å². The third-order valence-corrected chi connectivity index (χ3v) is 2.61. The number of aromatic nitrogens is 2. The largest absolute Gasteiger partial charge is 0.322 e. The molecule has 4 nitrogen and oxygen atoms in total. The minimum absolute atomic E-state index is 0.176. The van der Waals surface area contributed by atoms with Gasteiger partial charge in [-0.05, 0) is 17.7 Å². The number of rotatable bonds is 3. The summed E-state index contributed by atoms with van der Waals surface area (Å²) in [5, 5.41) is 6.74. The molecule has 0 spiro atoms. The summed E-state index contributed by atoms with van der Waals surface area (Å²) in [6.45, 7) is 0. The monoisotopic (exact) mass is 249 g/mol. The SMILES string of the molecule is Cn1cc(C(=O)Nc2cccc(CCl)c2)cn1. The molecule has 0 aliphatic heterocycles. The van der Waals surface area contributed by atoms with Gasteiger partial charge in [-0.2, -0.15) is 5.10 Å². The number of benzene rings is 1. The molecule has 0 bridgehead atoms. The van der Waals surface area contributed by atoms with E-state index in [1.807, 2.05) is 24.3 Å². The first-order valence-corrected chi connectivity index (χ1v) is 5.67. The molecule has 1 N–H and O–H groups in total. The summed E-state index contributed by atoms with van der Waals surface area (Å²) in [5.74, 6) is 0.251. The van der Waals surface area contributed by atoms with E-state index < -0.39 is 0 Å². The number of aryl methyl sites for hydroxylation is 1. The Labute approximate surface area is 104 Å². The minimum Gasteiger partial charge on any atom is -0.322 e. The third-order valence-electron chi connectivity index (χ3n) is 2.31. The van der Waals surface area contributed by atoms with Gasteiger partial charge in [-0.25, -0.2) is 0 Å². The van der Waals surface area contributed by atoms with E-state index in [1.165, 1.54) is 6.20 Å². The molecule has 1 aromatic carbocycles. The highest BCUT2D eigenvalue weighted by Gasteiger charge is 2.07. The van der Waals surface area contributed by atoms with Crippen LogP contribution in [0.5, 0.6) is 0 Å². The second-order valence-electron chi connectivity index (χ2n) is 3.69. The van der Waals surface area contributed by atoms with Crippen molar-refractivity contribution in [1.29, 1.82) is 0 Å². The lowest BCUT2D eigenvalue weighted by Crippen LogP contribution is -2.11. The first kappa shape index (κ1) is 11.7. The summed E-state index contributed by atoms with van der Waals surface area (Å²) < 4.78 is 1.59. The number of hydrogen-bond acceptors (Lipinski definition) is 2. The topological polar surface area (TPSA) is 46.9 Å². The zero-order chi connectivity index (χ0) is 12.3. The summed E-state index contributed by atoms with van der Waals surface area (Å²) in [6.07, 6.45) is 3.20. The number of nitrogens with one attached hydrogen (secondary N) is 1. The predicted molar refractivity (Wildman–Crippen MR) is 67.2 cm³/mol. The number of alkyl halides is 1. The Bertz CT molecular complexity index is 536. The smallest absolute Gasteiger partial charge is 0.258 e. The Kier molecular flexibility index (Phi) is 3.44. The first-order valence-electron chi connectivity index (χ1n) is 5.14. The van der Waals surface area contributed by atoms with Crippen molar-refractivity contribution >= 4 is 23.2 Å². The van der Waals surface area contributed by atoms with Crippen molar-refractivity contribution in [2.24, 2.45) is 7.05 Å². The highest BCUT2D eigenvalue weighted by atomic mass is 35.5. The van der Waals surface area contributed by atoms with Crippen LogP contribution in [0.4, 0.5) is 5.69 Å². The van der Waals surface area contributed by atoms with Gasteiger partial charge >= 0.3 is 0 Å². The quantitative estimate of drug-likeness (QED) is 0.850. The summed E-state index contributed by atoms with van der Waals surface area (Å²) >= 11 is 5.73. The van der Waals surface area contributed by atoms with Crippen molar-refractivity contribution in [3.63, 3.8) is 0 Å². The molecule has 1 amide bonds. The van der Waals surface area contributed by atoms with Crippen molar-refractivity contribution in [2.75, 3.05) is 5.32 Å². The van der Waals surface area contributed by atoms with Crippen LogP contribution in [0.15, 0.2) is 36.7 Å². The summed E-state index contributed by atoms with van der Waals surface area (Å²) in [7, 11) is 1.77. The van der Waals surface area contributed by atoms with Crippen LogP contribution in [-0.2, 0) is 12.9 Å². The van der Waals surface area contributed by atoms with Gasteiger partial charge in [0.25, 0.3) is 5.91 Å². The maximum absolute atomic E-state index is 11.8. The second kappa shape index (κ2) is 5.01. The van der Waals surface area contributed by atoms with Crippen molar-refractivity contribution in [2.45, 2.75) is 5.88 Å². The van der Waals surface area contributed by atoms with Crippen molar-refractivity contribution < 1.29 is 4.79 Å². The van der Waals surface area contributed by atoms with Gasteiger partial charge in [0.05, 0.1) is 11.8 Å². The van der Waals surface area contributed by atoms with Gasteiger partial charge in [0.15, 0.2) is 0 Å². The number of halogens is 1. The number of anilines is 1. The normalized spacial score (nSPS) is 10.2. The van der Waals surface area contributed by atoms with Crippen LogP contribution in [0.3, 0.4) is 0 Å². The summed E-state index contributed by atoms with van der Waals surface area (Å²) in [6, 6.07) is 7.44. The molecule has 0 radical (unpaired) electrons. The fourth-order valence-corrected chi connectivity index (χ4v) is 1.64. The van der Waals surface area contributed by atoms with Crippen LogP contribution in [0.1, 0.15) is 15.9 Å². The van der Waals surface area contributed by atoms with E-state index in [1.54, 1.807) is 17.9 Å². The molecule has 1 aromatic heterocycles. The number of carbonyl (C=O) groups excluding carboxylic acids is 1. The van der Waals surface area contributed by atoms with Gasteiger partial charge in [-0.3, -0.25) is 9.48 Å². The number of nitrogens with zero attached hydrogens (tertiary/aromatic N) is 2. The van der Waals surface area contributed by atoms with Gasteiger partial charge in [0.1, 0.15) is 0 Å². The molecule has 0 saturated heterocycles. The van der Waals surface area contributed by atoms with E-state index in [0.717, 1.165) is 11.3 Å². The van der Waals surface area contributed by atoms with E-state index in [2.05, 4.69) is 10.4 Å². The molecule has 2 rings (SSSR count). The van der Waals surface area contributed by atoms with Crippen LogP contribution in [0.25, 0.3) is 0 Å². The molecule has 2 aromatic rings. The highest BCUT2D eigenvalue weighted by molar-refractivity contribution is 6.17. The summed E-state index contributed by atoms with van der Waals surface area (Å²) in [5.41, 5.74) is 2.23. The number of amides is 1. The molecule has 0 atom stereocenters. The maximum Gasteiger partial charge on any atom is 0.258 e. The fourth-order valence-electron chi connectivity index (χ4n) is 1.47. The zero-order valence-electron chi connectivity index (χ0n) is 9.35. The van der Waals surface area contributed by atoms with Gasteiger partial charge in [0.2, 0.25) is 0 Å². The molecule has 0 aliphatic rings.